The molecule has 112 valence electrons. The first kappa shape index (κ1) is 16.8. The van der Waals surface area contributed by atoms with E-state index in [9.17, 15) is 22.8 Å². The maximum atomic E-state index is 12.5. The zero-order valence-electron chi connectivity index (χ0n) is 10.4. The SMILES string of the molecule is N#Cc1cc(C(F)(F)F)ccc1NC(=O)CSCC(=O)O. The minimum Gasteiger partial charge on any atom is -0.481 e. The first-order valence-electron chi connectivity index (χ1n) is 5.44. The van der Waals surface area contributed by atoms with Crippen LogP contribution >= 0.6 is 11.8 Å². The van der Waals surface area contributed by atoms with Gasteiger partial charge in [-0.15, -0.1) is 11.8 Å². The monoisotopic (exact) mass is 318 g/mol. The van der Waals surface area contributed by atoms with Gasteiger partial charge in [0.2, 0.25) is 5.91 Å². The highest BCUT2D eigenvalue weighted by molar-refractivity contribution is 8.00. The van der Waals surface area contributed by atoms with E-state index in [1.807, 2.05) is 0 Å². The summed E-state index contributed by atoms with van der Waals surface area (Å²) in [5.74, 6) is -2.14. The van der Waals surface area contributed by atoms with Crippen molar-refractivity contribution in [3.05, 3.63) is 29.3 Å². The predicted octanol–water partition coefficient (Wildman–Crippen LogP) is 2.33. The van der Waals surface area contributed by atoms with Crippen LogP contribution < -0.4 is 5.32 Å². The molecule has 5 nitrogen and oxygen atoms in total. The quantitative estimate of drug-likeness (QED) is 0.869. The summed E-state index contributed by atoms with van der Waals surface area (Å²) in [4.78, 5) is 21.8. The maximum absolute atomic E-state index is 12.5. The van der Waals surface area contributed by atoms with E-state index < -0.39 is 23.6 Å². The van der Waals surface area contributed by atoms with Gasteiger partial charge in [0, 0.05) is 0 Å². The summed E-state index contributed by atoms with van der Waals surface area (Å²) in [6, 6.07) is 3.95. The number of carbonyl (C=O) groups excluding carboxylic acids is 1. The molecule has 21 heavy (non-hydrogen) atoms. The third-order valence-electron chi connectivity index (χ3n) is 2.20. The third-order valence-corrected chi connectivity index (χ3v) is 3.12. The molecule has 0 atom stereocenters. The fraction of sp³-hybridized carbons (Fsp3) is 0.250. The number of rotatable bonds is 5. The number of alkyl halides is 3. The van der Waals surface area contributed by atoms with Gasteiger partial charge in [0.05, 0.1) is 28.3 Å². The summed E-state index contributed by atoms with van der Waals surface area (Å²) >= 11 is 0.835. The Balaban J connectivity index is 2.78. The molecule has 1 aromatic rings. The highest BCUT2D eigenvalue weighted by Gasteiger charge is 2.31. The number of hydrogen-bond acceptors (Lipinski definition) is 4. The summed E-state index contributed by atoms with van der Waals surface area (Å²) in [6.07, 6.45) is -4.58. The fourth-order valence-electron chi connectivity index (χ4n) is 1.34. The number of nitrogens with zero attached hydrogens (tertiary/aromatic N) is 1. The molecule has 0 radical (unpaired) electrons. The normalized spacial score (nSPS) is 10.8. The number of carboxylic acids is 1. The third kappa shape index (κ3) is 5.35. The van der Waals surface area contributed by atoms with Gasteiger partial charge in [-0.05, 0) is 18.2 Å². The van der Waals surface area contributed by atoms with Gasteiger partial charge in [0.15, 0.2) is 0 Å². The lowest BCUT2D eigenvalue weighted by Gasteiger charge is -2.10. The number of amides is 1. The van der Waals surface area contributed by atoms with Crippen molar-refractivity contribution >= 4 is 29.3 Å². The molecule has 0 saturated carbocycles. The lowest BCUT2D eigenvalue weighted by atomic mass is 10.1. The molecular formula is C12H9F3N2O3S. The second-order valence-corrected chi connectivity index (χ2v) is 4.79. The molecule has 0 bridgehead atoms. The lowest BCUT2D eigenvalue weighted by Crippen LogP contribution is -2.16. The van der Waals surface area contributed by atoms with Gasteiger partial charge in [0.25, 0.3) is 0 Å². The van der Waals surface area contributed by atoms with Crippen LogP contribution in [0, 0.1) is 11.3 Å². The molecule has 2 N–H and O–H groups in total. The highest BCUT2D eigenvalue weighted by Crippen LogP contribution is 2.31. The van der Waals surface area contributed by atoms with Crippen molar-refractivity contribution < 1.29 is 27.9 Å². The second kappa shape index (κ2) is 6.99. The zero-order chi connectivity index (χ0) is 16.0. The molecule has 0 saturated heterocycles. The first-order chi connectivity index (χ1) is 9.74. The van der Waals surface area contributed by atoms with E-state index >= 15 is 0 Å². The molecule has 9 heteroatoms. The average molecular weight is 318 g/mol. The number of aliphatic carboxylic acids is 1. The van der Waals surface area contributed by atoms with Gasteiger partial charge in [-0.1, -0.05) is 0 Å². The van der Waals surface area contributed by atoms with Gasteiger partial charge in [-0.2, -0.15) is 18.4 Å². The number of anilines is 1. The van der Waals surface area contributed by atoms with Gasteiger partial charge in [-0.25, -0.2) is 0 Å². The molecule has 0 aliphatic heterocycles. The van der Waals surface area contributed by atoms with Crippen LogP contribution in [-0.4, -0.2) is 28.5 Å². The molecule has 0 unspecified atom stereocenters. The Kier molecular flexibility index (Phi) is 5.60. The number of hydrogen-bond donors (Lipinski definition) is 2. The van der Waals surface area contributed by atoms with E-state index in [0.29, 0.717) is 6.07 Å². The van der Waals surface area contributed by atoms with Crippen molar-refractivity contribution in [3.63, 3.8) is 0 Å². The van der Waals surface area contributed by atoms with Crippen LogP contribution in [0.15, 0.2) is 18.2 Å². The molecular weight excluding hydrogens is 309 g/mol. The van der Waals surface area contributed by atoms with E-state index in [0.717, 1.165) is 23.9 Å². The van der Waals surface area contributed by atoms with Crippen molar-refractivity contribution in [2.45, 2.75) is 6.18 Å². The van der Waals surface area contributed by atoms with E-state index in [1.165, 1.54) is 0 Å². The Hall–Kier alpha value is -2.21. The molecule has 1 amide bonds. The number of halogens is 3. The van der Waals surface area contributed by atoms with Crippen LogP contribution in [-0.2, 0) is 15.8 Å². The Labute approximate surface area is 121 Å². The van der Waals surface area contributed by atoms with Crippen LogP contribution in [0.4, 0.5) is 18.9 Å². The van der Waals surface area contributed by atoms with Crippen LogP contribution in [0.25, 0.3) is 0 Å². The minimum atomic E-state index is -4.58. The van der Waals surface area contributed by atoms with Crippen molar-refractivity contribution in [1.29, 1.82) is 5.26 Å². The molecule has 0 spiro atoms. The topological polar surface area (TPSA) is 90.2 Å². The van der Waals surface area contributed by atoms with E-state index in [4.69, 9.17) is 10.4 Å². The van der Waals surface area contributed by atoms with Crippen molar-refractivity contribution in [2.75, 3.05) is 16.8 Å². The highest BCUT2D eigenvalue weighted by atomic mass is 32.2. The van der Waals surface area contributed by atoms with Crippen LogP contribution in [0.1, 0.15) is 11.1 Å². The summed E-state index contributed by atoms with van der Waals surface area (Å²) < 4.78 is 37.5. The molecule has 0 aromatic heterocycles. The summed E-state index contributed by atoms with van der Waals surface area (Å²) in [5, 5.41) is 19.5. The molecule has 1 aromatic carbocycles. The summed E-state index contributed by atoms with van der Waals surface area (Å²) in [6.45, 7) is 0. The number of nitrogens with one attached hydrogen (secondary N) is 1. The largest absolute Gasteiger partial charge is 0.481 e. The number of nitriles is 1. The number of carboxylic acid groups (broad SMARTS) is 1. The zero-order valence-corrected chi connectivity index (χ0v) is 11.2. The van der Waals surface area contributed by atoms with Crippen molar-refractivity contribution in [1.82, 2.24) is 0 Å². The summed E-state index contributed by atoms with van der Waals surface area (Å²) in [7, 11) is 0. The molecule has 0 heterocycles. The minimum absolute atomic E-state index is 0.0496. The van der Waals surface area contributed by atoms with Crippen LogP contribution in [0.5, 0.6) is 0 Å². The smallest absolute Gasteiger partial charge is 0.416 e. The summed E-state index contributed by atoms with van der Waals surface area (Å²) in [5.41, 5.74) is -1.36. The van der Waals surface area contributed by atoms with Gasteiger partial charge < -0.3 is 10.4 Å². The Morgan fingerprint density at radius 1 is 1.33 bits per heavy atom. The predicted molar refractivity (Wildman–Crippen MR) is 69.7 cm³/mol. The average Bonchev–Trinajstić information content (AvgIpc) is 2.37. The number of carbonyl (C=O) groups is 2. The number of thioether (sulfide) groups is 1. The Morgan fingerprint density at radius 3 is 2.52 bits per heavy atom. The maximum Gasteiger partial charge on any atom is 0.416 e. The Bertz CT molecular complexity index is 596. The molecule has 0 aliphatic rings. The second-order valence-electron chi connectivity index (χ2n) is 3.80. The standard InChI is InChI=1S/C12H9F3N2O3S/c13-12(14,15)8-1-2-9(7(3-8)4-16)17-10(18)5-21-6-11(19)20/h1-3H,5-6H2,(H,17,18)(H,19,20). The van der Waals surface area contributed by atoms with Gasteiger partial charge >= 0.3 is 12.1 Å². The van der Waals surface area contributed by atoms with Crippen molar-refractivity contribution in [2.24, 2.45) is 0 Å². The van der Waals surface area contributed by atoms with E-state index in [-0.39, 0.29) is 22.8 Å². The Morgan fingerprint density at radius 2 is 2.00 bits per heavy atom. The molecule has 0 fully saturated rings. The molecule has 0 aliphatic carbocycles. The van der Waals surface area contributed by atoms with E-state index in [1.54, 1.807) is 6.07 Å². The van der Waals surface area contributed by atoms with Gasteiger partial charge in [0.1, 0.15) is 6.07 Å². The van der Waals surface area contributed by atoms with E-state index in [2.05, 4.69) is 5.32 Å². The fourth-order valence-corrected chi connectivity index (χ4v) is 1.87. The first-order valence-corrected chi connectivity index (χ1v) is 6.60. The lowest BCUT2D eigenvalue weighted by molar-refractivity contribution is -0.137. The van der Waals surface area contributed by atoms with Crippen LogP contribution in [0.2, 0.25) is 0 Å². The van der Waals surface area contributed by atoms with Crippen molar-refractivity contribution in [3.8, 4) is 6.07 Å². The van der Waals surface area contributed by atoms with Gasteiger partial charge in [-0.3, -0.25) is 9.59 Å². The number of benzene rings is 1. The molecule has 1 rings (SSSR count). The van der Waals surface area contributed by atoms with Crippen LogP contribution in [0.3, 0.4) is 0 Å².